The van der Waals surface area contributed by atoms with Crippen molar-refractivity contribution < 1.29 is 9.84 Å². The molecule has 17 heavy (non-hydrogen) atoms. The van der Waals surface area contributed by atoms with Crippen LogP contribution in [0, 0.1) is 5.92 Å². The number of nitrogens with one attached hydrogen (secondary N) is 1. The Labute approximate surface area is 106 Å². The summed E-state index contributed by atoms with van der Waals surface area (Å²) in [7, 11) is 1.94. The number of likely N-dealkylation sites (N-methyl/N-ethyl adjacent to an activating group) is 1. The van der Waals surface area contributed by atoms with Crippen LogP contribution in [0.25, 0.3) is 0 Å². The molecule has 1 aliphatic rings. The molecule has 3 heteroatoms. The average Bonchev–Trinajstić information content (AvgIpc) is 2.34. The molecule has 1 fully saturated rings. The van der Waals surface area contributed by atoms with E-state index in [1.54, 1.807) is 0 Å². The molecular weight excluding hydrogens is 214 g/mol. The SMILES string of the molecule is CNC1(CO)CCCC(OCCCC(C)C)C1. The second kappa shape index (κ2) is 7.34. The van der Waals surface area contributed by atoms with E-state index in [4.69, 9.17) is 4.74 Å². The molecule has 0 heterocycles. The largest absolute Gasteiger partial charge is 0.394 e. The Bertz CT molecular complexity index is 202. The molecule has 0 spiro atoms. The van der Waals surface area contributed by atoms with Gasteiger partial charge in [0.2, 0.25) is 0 Å². The van der Waals surface area contributed by atoms with Crippen molar-refractivity contribution in [3.63, 3.8) is 0 Å². The normalized spacial score (nSPS) is 29.8. The van der Waals surface area contributed by atoms with E-state index in [2.05, 4.69) is 19.2 Å². The van der Waals surface area contributed by atoms with Crippen LogP contribution in [0.5, 0.6) is 0 Å². The Balaban J connectivity index is 2.25. The van der Waals surface area contributed by atoms with Gasteiger partial charge in [-0.1, -0.05) is 13.8 Å². The standard InChI is InChI=1S/C14H29NO2/c1-12(2)6-5-9-17-13-7-4-8-14(10-13,11-16)15-3/h12-13,15-16H,4-11H2,1-3H3. The second-order valence-corrected chi connectivity index (χ2v) is 5.81. The zero-order valence-corrected chi connectivity index (χ0v) is 11.7. The van der Waals surface area contributed by atoms with Gasteiger partial charge in [-0.25, -0.2) is 0 Å². The van der Waals surface area contributed by atoms with Gasteiger partial charge in [0.25, 0.3) is 0 Å². The van der Waals surface area contributed by atoms with Crippen LogP contribution in [0.2, 0.25) is 0 Å². The highest BCUT2D eigenvalue weighted by Gasteiger charge is 2.34. The monoisotopic (exact) mass is 243 g/mol. The number of hydrogen-bond donors (Lipinski definition) is 2. The zero-order chi connectivity index (χ0) is 12.7. The van der Waals surface area contributed by atoms with E-state index in [1.807, 2.05) is 7.05 Å². The van der Waals surface area contributed by atoms with E-state index >= 15 is 0 Å². The van der Waals surface area contributed by atoms with Gasteiger partial charge in [0, 0.05) is 12.1 Å². The summed E-state index contributed by atoms with van der Waals surface area (Å²) in [5.41, 5.74) is -0.0963. The number of hydrogen-bond acceptors (Lipinski definition) is 3. The van der Waals surface area contributed by atoms with Crippen LogP contribution in [0.4, 0.5) is 0 Å². The molecule has 1 rings (SSSR count). The van der Waals surface area contributed by atoms with Gasteiger partial charge in [0.05, 0.1) is 12.7 Å². The highest BCUT2D eigenvalue weighted by molar-refractivity contribution is 4.92. The predicted molar refractivity (Wildman–Crippen MR) is 71.2 cm³/mol. The summed E-state index contributed by atoms with van der Waals surface area (Å²) < 4.78 is 5.94. The van der Waals surface area contributed by atoms with Gasteiger partial charge in [0.15, 0.2) is 0 Å². The third-order valence-electron chi connectivity index (χ3n) is 3.91. The first-order valence-corrected chi connectivity index (χ1v) is 7.03. The minimum absolute atomic E-state index is 0.0963. The number of ether oxygens (including phenoxy) is 1. The molecule has 0 aromatic carbocycles. The van der Waals surface area contributed by atoms with Gasteiger partial charge in [-0.2, -0.15) is 0 Å². The zero-order valence-electron chi connectivity index (χ0n) is 11.7. The van der Waals surface area contributed by atoms with E-state index < -0.39 is 0 Å². The Morgan fingerprint density at radius 1 is 1.47 bits per heavy atom. The van der Waals surface area contributed by atoms with Gasteiger partial charge in [-0.15, -0.1) is 0 Å². The van der Waals surface area contributed by atoms with E-state index in [1.165, 1.54) is 6.42 Å². The van der Waals surface area contributed by atoms with E-state index in [9.17, 15) is 5.11 Å². The third-order valence-corrected chi connectivity index (χ3v) is 3.91. The van der Waals surface area contributed by atoms with Crippen LogP contribution < -0.4 is 5.32 Å². The summed E-state index contributed by atoms with van der Waals surface area (Å²) in [5.74, 6) is 0.763. The van der Waals surface area contributed by atoms with Crippen LogP contribution in [0.3, 0.4) is 0 Å². The summed E-state index contributed by atoms with van der Waals surface area (Å²) in [6.45, 7) is 5.58. The smallest absolute Gasteiger partial charge is 0.0614 e. The molecule has 2 N–H and O–H groups in total. The van der Waals surface area contributed by atoms with E-state index in [0.29, 0.717) is 6.10 Å². The first-order valence-electron chi connectivity index (χ1n) is 7.03. The molecule has 2 atom stereocenters. The van der Waals surface area contributed by atoms with Crippen molar-refractivity contribution in [1.82, 2.24) is 5.32 Å². The van der Waals surface area contributed by atoms with Gasteiger partial charge in [-0.3, -0.25) is 0 Å². The minimum atomic E-state index is -0.0963. The molecule has 0 bridgehead atoms. The van der Waals surface area contributed by atoms with Crippen LogP contribution in [-0.2, 0) is 4.74 Å². The molecule has 0 saturated heterocycles. The number of aliphatic hydroxyl groups excluding tert-OH is 1. The fourth-order valence-corrected chi connectivity index (χ4v) is 2.64. The molecule has 0 aromatic heterocycles. The van der Waals surface area contributed by atoms with Crippen LogP contribution >= 0.6 is 0 Å². The molecule has 1 saturated carbocycles. The van der Waals surface area contributed by atoms with Crippen molar-refractivity contribution in [2.75, 3.05) is 20.3 Å². The van der Waals surface area contributed by atoms with Crippen molar-refractivity contribution in [2.45, 2.75) is 64.0 Å². The lowest BCUT2D eigenvalue weighted by atomic mass is 9.81. The van der Waals surface area contributed by atoms with Gasteiger partial charge in [0.1, 0.15) is 0 Å². The molecule has 0 aromatic rings. The Kier molecular flexibility index (Phi) is 6.45. The highest BCUT2D eigenvalue weighted by Crippen LogP contribution is 2.29. The molecule has 2 unspecified atom stereocenters. The molecule has 1 aliphatic carbocycles. The average molecular weight is 243 g/mol. The lowest BCUT2D eigenvalue weighted by Gasteiger charge is -2.39. The van der Waals surface area contributed by atoms with Crippen molar-refractivity contribution in [3.05, 3.63) is 0 Å². The Hall–Kier alpha value is -0.120. The lowest BCUT2D eigenvalue weighted by Crippen LogP contribution is -2.51. The minimum Gasteiger partial charge on any atom is -0.394 e. The molecule has 0 radical (unpaired) electrons. The molecule has 102 valence electrons. The lowest BCUT2D eigenvalue weighted by molar-refractivity contribution is -0.0155. The summed E-state index contributed by atoms with van der Waals surface area (Å²) in [6.07, 6.45) is 7.02. The topological polar surface area (TPSA) is 41.5 Å². The summed E-state index contributed by atoms with van der Waals surface area (Å²) in [6, 6.07) is 0. The van der Waals surface area contributed by atoms with Crippen LogP contribution in [-0.4, -0.2) is 37.0 Å². The maximum absolute atomic E-state index is 9.49. The van der Waals surface area contributed by atoms with E-state index in [-0.39, 0.29) is 12.1 Å². The van der Waals surface area contributed by atoms with Crippen molar-refractivity contribution >= 4 is 0 Å². The predicted octanol–water partition coefficient (Wildman–Crippen LogP) is 2.33. The fraction of sp³-hybridized carbons (Fsp3) is 1.00. The molecule has 0 aliphatic heterocycles. The second-order valence-electron chi connectivity index (χ2n) is 5.81. The van der Waals surface area contributed by atoms with Gasteiger partial charge >= 0.3 is 0 Å². The fourth-order valence-electron chi connectivity index (χ4n) is 2.64. The Morgan fingerprint density at radius 2 is 2.24 bits per heavy atom. The molecule has 0 amide bonds. The maximum Gasteiger partial charge on any atom is 0.0614 e. The summed E-state index contributed by atoms with van der Waals surface area (Å²) in [5, 5.41) is 12.8. The Morgan fingerprint density at radius 3 is 2.82 bits per heavy atom. The molecular formula is C14H29NO2. The van der Waals surface area contributed by atoms with Crippen molar-refractivity contribution in [2.24, 2.45) is 5.92 Å². The van der Waals surface area contributed by atoms with Crippen LogP contribution in [0.15, 0.2) is 0 Å². The first-order chi connectivity index (χ1) is 8.12. The maximum atomic E-state index is 9.49. The first kappa shape index (κ1) is 14.9. The highest BCUT2D eigenvalue weighted by atomic mass is 16.5. The number of aliphatic hydroxyl groups is 1. The van der Waals surface area contributed by atoms with Gasteiger partial charge < -0.3 is 15.2 Å². The van der Waals surface area contributed by atoms with Crippen LogP contribution in [0.1, 0.15) is 52.4 Å². The third kappa shape index (κ3) is 4.94. The quantitative estimate of drug-likeness (QED) is 0.674. The van der Waals surface area contributed by atoms with Crippen molar-refractivity contribution in [1.29, 1.82) is 0 Å². The summed E-state index contributed by atoms with van der Waals surface area (Å²) in [4.78, 5) is 0. The summed E-state index contributed by atoms with van der Waals surface area (Å²) >= 11 is 0. The van der Waals surface area contributed by atoms with E-state index in [0.717, 1.165) is 44.6 Å². The van der Waals surface area contributed by atoms with Gasteiger partial charge in [-0.05, 0) is 51.5 Å². The molecule has 3 nitrogen and oxygen atoms in total. The van der Waals surface area contributed by atoms with Crippen molar-refractivity contribution in [3.8, 4) is 0 Å². The number of rotatable bonds is 7.